The van der Waals surface area contributed by atoms with Crippen LogP contribution in [-0.2, 0) is 0 Å². The molecular formula is C12H15F3N2O. The topological polar surface area (TPSA) is 46.3 Å². The Morgan fingerprint density at radius 3 is 2.44 bits per heavy atom. The summed E-state index contributed by atoms with van der Waals surface area (Å²) in [6, 6.07) is 4.66. The second-order valence-corrected chi connectivity index (χ2v) is 4.03. The lowest BCUT2D eigenvalue weighted by Crippen LogP contribution is -2.39. The number of nitrogen functional groups attached to an aromatic ring is 1. The van der Waals surface area contributed by atoms with E-state index in [0.717, 1.165) is 10.5 Å². The molecular weight excluding hydrogens is 245 g/mol. The molecule has 0 aliphatic heterocycles. The lowest BCUT2D eigenvalue weighted by Gasteiger charge is -2.23. The smallest absolute Gasteiger partial charge is 0.398 e. The van der Waals surface area contributed by atoms with E-state index >= 15 is 0 Å². The van der Waals surface area contributed by atoms with Crippen molar-refractivity contribution in [2.45, 2.75) is 20.0 Å². The minimum atomic E-state index is -4.41. The summed E-state index contributed by atoms with van der Waals surface area (Å²) in [6.07, 6.45) is -4.41. The Morgan fingerprint density at radius 1 is 1.39 bits per heavy atom. The van der Waals surface area contributed by atoms with E-state index in [0.29, 0.717) is 0 Å². The highest BCUT2D eigenvalue weighted by Crippen LogP contribution is 2.20. The van der Waals surface area contributed by atoms with Crippen LogP contribution in [0.25, 0.3) is 0 Å². The summed E-state index contributed by atoms with van der Waals surface area (Å²) in [5.74, 6) is -0.702. The number of nitrogens with zero attached hydrogens (tertiary/aromatic N) is 1. The fourth-order valence-corrected chi connectivity index (χ4v) is 1.59. The molecule has 1 rings (SSSR count). The molecule has 0 saturated carbocycles. The third kappa shape index (κ3) is 3.65. The maximum atomic E-state index is 12.3. The predicted molar refractivity (Wildman–Crippen MR) is 63.2 cm³/mol. The molecule has 18 heavy (non-hydrogen) atoms. The quantitative estimate of drug-likeness (QED) is 0.849. The highest BCUT2D eigenvalue weighted by atomic mass is 19.4. The predicted octanol–water partition coefficient (Wildman–Crippen LogP) is 2.60. The summed E-state index contributed by atoms with van der Waals surface area (Å²) in [4.78, 5) is 12.7. The van der Waals surface area contributed by atoms with Gasteiger partial charge in [-0.05, 0) is 31.5 Å². The van der Waals surface area contributed by atoms with Gasteiger partial charge in [0.1, 0.15) is 6.54 Å². The number of hydrogen-bond donors (Lipinski definition) is 1. The van der Waals surface area contributed by atoms with Crippen LogP contribution in [0, 0.1) is 6.92 Å². The number of benzene rings is 1. The average Bonchev–Trinajstić information content (AvgIpc) is 2.24. The van der Waals surface area contributed by atoms with Gasteiger partial charge in [0.25, 0.3) is 5.91 Å². The highest BCUT2D eigenvalue weighted by Gasteiger charge is 2.33. The number of rotatable bonds is 3. The number of anilines is 1. The molecule has 1 amide bonds. The van der Waals surface area contributed by atoms with E-state index in [1.54, 1.807) is 19.1 Å². The van der Waals surface area contributed by atoms with Gasteiger partial charge in [0.05, 0.1) is 5.56 Å². The summed E-state index contributed by atoms with van der Waals surface area (Å²) in [5.41, 5.74) is 6.80. The Balaban J connectivity index is 2.97. The van der Waals surface area contributed by atoms with Crippen LogP contribution in [0.1, 0.15) is 22.8 Å². The van der Waals surface area contributed by atoms with Crippen molar-refractivity contribution < 1.29 is 18.0 Å². The Hall–Kier alpha value is -1.72. The molecule has 0 bridgehead atoms. The Morgan fingerprint density at radius 2 is 2.00 bits per heavy atom. The van der Waals surface area contributed by atoms with E-state index in [9.17, 15) is 18.0 Å². The normalized spacial score (nSPS) is 11.4. The summed E-state index contributed by atoms with van der Waals surface area (Å²) < 4.78 is 36.9. The molecule has 0 fully saturated rings. The van der Waals surface area contributed by atoms with Gasteiger partial charge >= 0.3 is 6.18 Å². The minimum absolute atomic E-state index is 0.0222. The largest absolute Gasteiger partial charge is 0.406 e. The molecule has 0 heterocycles. The summed E-state index contributed by atoms with van der Waals surface area (Å²) in [5, 5.41) is 0. The third-order valence-corrected chi connectivity index (χ3v) is 2.48. The molecule has 1 aromatic carbocycles. The molecule has 0 unspecified atom stereocenters. The molecule has 0 saturated heterocycles. The number of amides is 1. The second-order valence-electron chi connectivity index (χ2n) is 4.03. The molecule has 0 aromatic heterocycles. The van der Waals surface area contributed by atoms with Crippen molar-refractivity contribution >= 4 is 11.6 Å². The van der Waals surface area contributed by atoms with Crippen LogP contribution in [0.15, 0.2) is 18.2 Å². The van der Waals surface area contributed by atoms with Gasteiger partial charge < -0.3 is 10.6 Å². The van der Waals surface area contributed by atoms with Gasteiger partial charge in [-0.1, -0.05) is 6.07 Å². The molecule has 0 spiro atoms. The van der Waals surface area contributed by atoms with Crippen molar-refractivity contribution in [1.29, 1.82) is 0 Å². The zero-order valence-electron chi connectivity index (χ0n) is 10.2. The number of nitrogens with two attached hydrogens (primary N) is 1. The average molecular weight is 260 g/mol. The standard InChI is InChI=1S/C12H15F3N2O/c1-3-17(7-12(13,14)15)11(18)9-5-4-8(2)6-10(9)16/h4-6H,3,7,16H2,1-2H3. The lowest BCUT2D eigenvalue weighted by molar-refractivity contribution is -0.140. The number of carbonyl (C=O) groups excluding carboxylic acids is 1. The molecule has 2 N–H and O–H groups in total. The number of hydrogen-bond acceptors (Lipinski definition) is 2. The summed E-state index contributed by atoms with van der Waals surface area (Å²) >= 11 is 0. The Bertz CT molecular complexity index is 443. The van der Waals surface area contributed by atoms with Gasteiger partial charge in [-0.25, -0.2) is 0 Å². The van der Waals surface area contributed by atoms with Crippen molar-refractivity contribution in [3.8, 4) is 0 Å². The molecule has 0 atom stereocenters. The van der Waals surface area contributed by atoms with E-state index in [-0.39, 0.29) is 17.8 Å². The summed E-state index contributed by atoms with van der Waals surface area (Å²) in [6.45, 7) is 1.99. The van der Waals surface area contributed by atoms with Gasteiger partial charge in [-0.15, -0.1) is 0 Å². The first-order valence-electron chi connectivity index (χ1n) is 5.46. The van der Waals surface area contributed by atoms with E-state index in [2.05, 4.69) is 0 Å². The van der Waals surface area contributed by atoms with E-state index < -0.39 is 18.6 Å². The highest BCUT2D eigenvalue weighted by molar-refractivity contribution is 5.99. The number of halogens is 3. The van der Waals surface area contributed by atoms with Crippen molar-refractivity contribution in [3.05, 3.63) is 29.3 Å². The fraction of sp³-hybridized carbons (Fsp3) is 0.417. The van der Waals surface area contributed by atoms with Crippen LogP contribution >= 0.6 is 0 Å². The number of aryl methyl sites for hydroxylation is 1. The summed E-state index contributed by atoms with van der Waals surface area (Å²) in [7, 11) is 0. The Labute approximate surface area is 103 Å². The monoisotopic (exact) mass is 260 g/mol. The SMILES string of the molecule is CCN(CC(F)(F)F)C(=O)c1ccc(C)cc1N. The first-order chi connectivity index (χ1) is 8.24. The fourth-order valence-electron chi connectivity index (χ4n) is 1.59. The van der Waals surface area contributed by atoms with Gasteiger partial charge in [-0.2, -0.15) is 13.2 Å². The van der Waals surface area contributed by atoms with Gasteiger partial charge in [0.2, 0.25) is 0 Å². The van der Waals surface area contributed by atoms with Crippen LogP contribution in [0.4, 0.5) is 18.9 Å². The number of alkyl halides is 3. The van der Waals surface area contributed by atoms with Crippen LogP contribution in [0.2, 0.25) is 0 Å². The first-order valence-corrected chi connectivity index (χ1v) is 5.46. The molecule has 3 nitrogen and oxygen atoms in total. The maximum Gasteiger partial charge on any atom is 0.406 e. The van der Waals surface area contributed by atoms with Crippen molar-refractivity contribution in [1.82, 2.24) is 4.90 Å². The molecule has 0 radical (unpaired) electrons. The van der Waals surface area contributed by atoms with Crippen molar-refractivity contribution in [2.75, 3.05) is 18.8 Å². The van der Waals surface area contributed by atoms with Crippen LogP contribution in [0.5, 0.6) is 0 Å². The van der Waals surface area contributed by atoms with Crippen molar-refractivity contribution in [3.63, 3.8) is 0 Å². The Kier molecular flexibility index (Phi) is 4.21. The van der Waals surface area contributed by atoms with E-state index in [1.165, 1.54) is 13.0 Å². The maximum absolute atomic E-state index is 12.3. The zero-order valence-corrected chi connectivity index (χ0v) is 10.2. The van der Waals surface area contributed by atoms with Gasteiger partial charge in [0, 0.05) is 12.2 Å². The van der Waals surface area contributed by atoms with E-state index in [1.807, 2.05) is 0 Å². The van der Waals surface area contributed by atoms with Crippen molar-refractivity contribution in [2.24, 2.45) is 0 Å². The second kappa shape index (κ2) is 5.29. The van der Waals surface area contributed by atoms with Crippen LogP contribution in [-0.4, -0.2) is 30.1 Å². The molecule has 100 valence electrons. The zero-order chi connectivity index (χ0) is 13.9. The van der Waals surface area contributed by atoms with E-state index in [4.69, 9.17) is 5.73 Å². The first kappa shape index (κ1) is 14.3. The molecule has 0 aliphatic carbocycles. The number of carbonyl (C=O) groups is 1. The lowest BCUT2D eigenvalue weighted by atomic mass is 10.1. The molecule has 0 aliphatic rings. The van der Waals surface area contributed by atoms with Gasteiger partial charge in [0.15, 0.2) is 0 Å². The van der Waals surface area contributed by atoms with Crippen LogP contribution in [0.3, 0.4) is 0 Å². The van der Waals surface area contributed by atoms with Gasteiger partial charge in [-0.3, -0.25) is 4.79 Å². The minimum Gasteiger partial charge on any atom is -0.398 e. The third-order valence-electron chi connectivity index (χ3n) is 2.48. The molecule has 1 aromatic rings. The van der Waals surface area contributed by atoms with Crippen LogP contribution < -0.4 is 5.73 Å². The molecule has 6 heteroatoms.